The molecule has 66 valence electrons. The molecule has 0 aliphatic carbocycles. The lowest BCUT2D eigenvalue weighted by Gasteiger charge is -2.42. The minimum atomic E-state index is -0.0243. The molecule has 2 aliphatic heterocycles. The van der Waals surface area contributed by atoms with Gasteiger partial charge in [0.25, 0.3) is 0 Å². The maximum absolute atomic E-state index is 9.16. The Hall–Kier alpha value is -0.200. The Balaban J connectivity index is 2.06. The molecule has 0 unspecified atom stereocenters. The molecule has 0 saturated carbocycles. The maximum Gasteiger partial charge on any atom is 0.0695 e. The summed E-state index contributed by atoms with van der Waals surface area (Å²) in [6.07, 6.45) is 2.14. The molecular formula is C9H13NOS. The minimum Gasteiger partial charge on any atom is -0.381 e. The topological polar surface area (TPSA) is 33.0 Å². The van der Waals surface area contributed by atoms with Gasteiger partial charge in [-0.15, -0.1) is 0 Å². The van der Waals surface area contributed by atoms with E-state index < -0.39 is 0 Å². The summed E-state index contributed by atoms with van der Waals surface area (Å²) in [5, 5.41) is 9.16. The van der Waals surface area contributed by atoms with Crippen molar-refractivity contribution in [1.82, 2.24) is 0 Å². The first kappa shape index (κ1) is 8.40. The molecule has 0 spiro atoms. The van der Waals surface area contributed by atoms with Crippen LogP contribution in [-0.2, 0) is 4.74 Å². The Morgan fingerprint density at radius 3 is 2.42 bits per heavy atom. The molecule has 0 bridgehead atoms. The second-order valence-electron chi connectivity index (χ2n) is 3.61. The lowest BCUT2D eigenvalue weighted by molar-refractivity contribution is -0.0834. The van der Waals surface area contributed by atoms with Gasteiger partial charge in [-0.2, -0.15) is 17.0 Å². The fourth-order valence-corrected chi connectivity index (χ4v) is 3.12. The van der Waals surface area contributed by atoms with Crippen LogP contribution in [0.25, 0.3) is 0 Å². The van der Waals surface area contributed by atoms with E-state index in [1.54, 1.807) is 0 Å². The lowest BCUT2D eigenvalue weighted by atomic mass is 9.71. The first-order chi connectivity index (χ1) is 5.87. The van der Waals surface area contributed by atoms with Crippen molar-refractivity contribution in [3.8, 4) is 6.07 Å². The van der Waals surface area contributed by atoms with E-state index in [1.165, 1.54) is 0 Å². The molecule has 0 N–H and O–H groups in total. The normalized spacial score (nSPS) is 28.9. The SMILES string of the molecule is N#CC1(C2COC2)CCSCC1. The Morgan fingerprint density at radius 2 is 2.00 bits per heavy atom. The van der Waals surface area contributed by atoms with Gasteiger partial charge in [0.2, 0.25) is 0 Å². The zero-order valence-corrected chi connectivity index (χ0v) is 7.90. The van der Waals surface area contributed by atoms with Gasteiger partial charge < -0.3 is 4.74 Å². The van der Waals surface area contributed by atoms with Gasteiger partial charge >= 0.3 is 0 Å². The standard InChI is InChI=1S/C9H13NOS/c10-7-9(8-5-11-6-8)1-3-12-4-2-9/h8H,1-6H2. The number of rotatable bonds is 1. The average Bonchev–Trinajstić information content (AvgIpc) is 2.03. The number of nitrogens with zero attached hydrogens (tertiary/aromatic N) is 1. The molecule has 0 atom stereocenters. The maximum atomic E-state index is 9.16. The van der Waals surface area contributed by atoms with Gasteiger partial charge in [-0.3, -0.25) is 0 Å². The highest BCUT2D eigenvalue weighted by Crippen LogP contribution is 2.43. The van der Waals surface area contributed by atoms with Gasteiger partial charge in [0.1, 0.15) is 0 Å². The predicted octanol–water partition coefficient (Wildman–Crippen LogP) is 1.67. The second-order valence-corrected chi connectivity index (χ2v) is 4.84. The zero-order valence-electron chi connectivity index (χ0n) is 7.08. The van der Waals surface area contributed by atoms with E-state index in [2.05, 4.69) is 6.07 Å². The van der Waals surface area contributed by atoms with Gasteiger partial charge in [-0.05, 0) is 24.3 Å². The number of hydrogen-bond donors (Lipinski definition) is 0. The first-order valence-electron chi connectivity index (χ1n) is 4.44. The van der Waals surface area contributed by atoms with Crippen molar-refractivity contribution in [3.63, 3.8) is 0 Å². The number of nitriles is 1. The monoisotopic (exact) mass is 183 g/mol. The molecule has 2 fully saturated rings. The van der Waals surface area contributed by atoms with Crippen LogP contribution < -0.4 is 0 Å². The number of thioether (sulfide) groups is 1. The summed E-state index contributed by atoms with van der Waals surface area (Å²) in [6, 6.07) is 2.53. The van der Waals surface area contributed by atoms with Gasteiger partial charge in [0, 0.05) is 5.92 Å². The van der Waals surface area contributed by atoms with Gasteiger partial charge in [0.05, 0.1) is 24.7 Å². The zero-order chi connectivity index (χ0) is 8.44. The molecular weight excluding hydrogens is 170 g/mol. The molecule has 0 radical (unpaired) electrons. The third kappa shape index (κ3) is 1.23. The van der Waals surface area contributed by atoms with Crippen LogP contribution in [0.4, 0.5) is 0 Å². The summed E-state index contributed by atoms with van der Waals surface area (Å²) >= 11 is 1.97. The summed E-state index contributed by atoms with van der Waals surface area (Å²) in [6.45, 7) is 1.64. The van der Waals surface area contributed by atoms with E-state index in [-0.39, 0.29) is 5.41 Å². The molecule has 12 heavy (non-hydrogen) atoms. The van der Waals surface area contributed by atoms with Crippen LogP contribution in [0, 0.1) is 22.7 Å². The summed E-state index contributed by atoms with van der Waals surface area (Å²) in [7, 11) is 0. The van der Waals surface area contributed by atoms with E-state index in [0.717, 1.165) is 37.6 Å². The van der Waals surface area contributed by atoms with Crippen molar-refractivity contribution in [2.45, 2.75) is 12.8 Å². The van der Waals surface area contributed by atoms with Crippen LogP contribution in [-0.4, -0.2) is 24.7 Å². The Labute approximate surface area is 77.3 Å². The third-order valence-corrected chi connectivity index (χ3v) is 4.01. The van der Waals surface area contributed by atoms with Crippen molar-refractivity contribution in [3.05, 3.63) is 0 Å². The first-order valence-corrected chi connectivity index (χ1v) is 5.60. The Kier molecular flexibility index (Phi) is 2.29. The van der Waals surface area contributed by atoms with Crippen molar-refractivity contribution in [2.24, 2.45) is 11.3 Å². The van der Waals surface area contributed by atoms with E-state index in [1.807, 2.05) is 11.8 Å². The van der Waals surface area contributed by atoms with Gasteiger partial charge in [-0.1, -0.05) is 0 Å². The molecule has 2 nitrogen and oxygen atoms in total. The summed E-state index contributed by atoms with van der Waals surface area (Å²) in [4.78, 5) is 0. The largest absolute Gasteiger partial charge is 0.381 e. The molecule has 2 heterocycles. The van der Waals surface area contributed by atoms with Gasteiger partial charge in [-0.25, -0.2) is 0 Å². The molecule has 0 amide bonds. The Bertz CT molecular complexity index is 201. The average molecular weight is 183 g/mol. The van der Waals surface area contributed by atoms with Gasteiger partial charge in [0.15, 0.2) is 0 Å². The lowest BCUT2D eigenvalue weighted by Crippen LogP contribution is -2.44. The fraction of sp³-hybridized carbons (Fsp3) is 0.889. The van der Waals surface area contributed by atoms with Crippen LogP contribution in [0.1, 0.15) is 12.8 Å². The van der Waals surface area contributed by atoms with Crippen LogP contribution in [0.15, 0.2) is 0 Å². The van der Waals surface area contributed by atoms with E-state index in [9.17, 15) is 0 Å². The molecule has 2 aliphatic rings. The molecule has 0 aromatic heterocycles. The van der Waals surface area contributed by atoms with Crippen LogP contribution >= 0.6 is 11.8 Å². The van der Waals surface area contributed by atoms with Crippen molar-refractivity contribution < 1.29 is 4.74 Å². The van der Waals surface area contributed by atoms with E-state index in [4.69, 9.17) is 10.00 Å². The van der Waals surface area contributed by atoms with Crippen LogP contribution in [0.2, 0.25) is 0 Å². The highest BCUT2D eigenvalue weighted by atomic mass is 32.2. The third-order valence-electron chi connectivity index (χ3n) is 3.03. The number of ether oxygens (including phenoxy) is 1. The minimum absolute atomic E-state index is 0.0243. The predicted molar refractivity (Wildman–Crippen MR) is 48.9 cm³/mol. The highest BCUT2D eigenvalue weighted by Gasteiger charge is 2.43. The smallest absolute Gasteiger partial charge is 0.0695 e. The van der Waals surface area contributed by atoms with Crippen molar-refractivity contribution >= 4 is 11.8 Å². The Morgan fingerprint density at radius 1 is 1.33 bits per heavy atom. The molecule has 2 rings (SSSR count). The molecule has 2 saturated heterocycles. The molecule has 3 heteroatoms. The van der Waals surface area contributed by atoms with Crippen LogP contribution in [0.3, 0.4) is 0 Å². The van der Waals surface area contributed by atoms with E-state index >= 15 is 0 Å². The van der Waals surface area contributed by atoms with Crippen LogP contribution in [0.5, 0.6) is 0 Å². The molecule has 0 aromatic carbocycles. The summed E-state index contributed by atoms with van der Waals surface area (Å²) < 4.78 is 5.16. The quantitative estimate of drug-likeness (QED) is 0.620. The van der Waals surface area contributed by atoms with Crippen molar-refractivity contribution in [2.75, 3.05) is 24.7 Å². The van der Waals surface area contributed by atoms with Crippen molar-refractivity contribution in [1.29, 1.82) is 5.26 Å². The highest BCUT2D eigenvalue weighted by molar-refractivity contribution is 7.99. The molecule has 0 aromatic rings. The summed E-state index contributed by atoms with van der Waals surface area (Å²) in [5.41, 5.74) is -0.0243. The number of hydrogen-bond acceptors (Lipinski definition) is 3. The fourth-order valence-electron chi connectivity index (χ4n) is 1.90. The van der Waals surface area contributed by atoms with E-state index in [0.29, 0.717) is 5.92 Å². The second kappa shape index (κ2) is 3.27. The summed E-state index contributed by atoms with van der Waals surface area (Å²) in [5.74, 6) is 2.84.